The van der Waals surface area contributed by atoms with Crippen molar-refractivity contribution >= 4 is 23.2 Å². The molecule has 4 rings (SSSR count). The smallest absolute Gasteiger partial charge is 0.244 e. The molecule has 24 heavy (non-hydrogen) atoms. The van der Waals surface area contributed by atoms with Crippen molar-refractivity contribution in [2.24, 2.45) is 0 Å². The Hall–Kier alpha value is -1.92. The molecule has 1 aliphatic carbocycles. The zero-order valence-electron chi connectivity index (χ0n) is 13.9. The number of fused-ring (bicyclic) bond motifs is 1. The normalized spacial score (nSPS) is 22.7. The van der Waals surface area contributed by atoms with Crippen LogP contribution in [-0.2, 0) is 9.59 Å². The number of amides is 2. The number of nitrogens with one attached hydrogen (secondary N) is 1. The molecule has 2 amide bonds. The lowest BCUT2D eigenvalue weighted by Crippen LogP contribution is -2.47. The highest BCUT2D eigenvalue weighted by Crippen LogP contribution is 2.29. The Morgan fingerprint density at radius 1 is 1.12 bits per heavy atom. The van der Waals surface area contributed by atoms with E-state index >= 15 is 0 Å². The molecule has 1 aromatic carbocycles. The van der Waals surface area contributed by atoms with E-state index < -0.39 is 0 Å². The van der Waals surface area contributed by atoms with Crippen molar-refractivity contribution in [3.05, 3.63) is 24.3 Å². The summed E-state index contributed by atoms with van der Waals surface area (Å²) in [5.41, 5.74) is 1.52. The summed E-state index contributed by atoms with van der Waals surface area (Å²) in [4.78, 5) is 31.1. The number of hydrogen-bond donors (Lipinski definition) is 1. The molecular formula is C18H24N4O2. The first kappa shape index (κ1) is 15.6. The van der Waals surface area contributed by atoms with Gasteiger partial charge in [-0.25, -0.2) is 0 Å². The first-order chi connectivity index (χ1) is 11.7. The summed E-state index contributed by atoms with van der Waals surface area (Å²) in [6.45, 7) is 4.58. The minimum atomic E-state index is -0.127. The Kier molecular flexibility index (Phi) is 4.24. The summed E-state index contributed by atoms with van der Waals surface area (Å²) < 4.78 is 0. The van der Waals surface area contributed by atoms with Gasteiger partial charge in [0.2, 0.25) is 11.8 Å². The molecule has 3 aliphatic rings. The van der Waals surface area contributed by atoms with Crippen LogP contribution in [0.5, 0.6) is 0 Å². The maximum Gasteiger partial charge on any atom is 0.244 e. The van der Waals surface area contributed by atoms with Crippen LogP contribution in [0, 0.1) is 0 Å². The molecule has 1 aromatic rings. The third-order valence-corrected chi connectivity index (χ3v) is 5.12. The van der Waals surface area contributed by atoms with Crippen molar-refractivity contribution in [1.29, 1.82) is 0 Å². The molecule has 2 heterocycles. The van der Waals surface area contributed by atoms with Gasteiger partial charge in [-0.15, -0.1) is 0 Å². The number of rotatable bonds is 3. The molecule has 0 radical (unpaired) electrons. The molecule has 0 aromatic heterocycles. The summed E-state index contributed by atoms with van der Waals surface area (Å²) >= 11 is 0. The number of carbonyl (C=O) groups is 2. The summed E-state index contributed by atoms with van der Waals surface area (Å²) in [6.07, 6.45) is 3.78. The van der Waals surface area contributed by atoms with Crippen molar-refractivity contribution in [3.63, 3.8) is 0 Å². The van der Waals surface area contributed by atoms with Gasteiger partial charge in [-0.2, -0.15) is 0 Å². The lowest BCUT2D eigenvalue weighted by Gasteiger charge is -2.31. The highest BCUT2D eigenvalue weighted by molar-refractivity contribution is 6.10. The molecule has 6 heteroatoms. The molecule has 2 fully saturated rings. The minimum absolute atomic E-state index is 0.0113. The van der Waals surface area contributed by atoms with Crippen LogP contribution in [0.2, 0.25) is 0 Å². The van der Waals surface area contributed by atoms with E-state index in [1.807, 2.05) is 24.3 Å². The molecule has 6 nitrogen and oxygen atoms in total. The van der Waals surface area contributed by atoms with Gasteiger partial charge >= 0.3 is 0 Å². The average Bonchev–Trinajstić information content (AvgIpc) is 3.41. The van der Waals surface area contributed by atoms with Gasteiger partial charge in [0.15, 0.2) is 0 Å². The highest BCUT2D eigenvalue weighted by atomic mass is 16.2. The van der Waals surface area contributed by atoms with Gasteiger partial charge < -0.3 is 5.32 Å². The topological polar surface area (TPSA) is 55.9 Å². The lowest BCUT2D eigenvalue weighted by atomic mass is 10.2. The SMILES string of the molecule is O=C1CN(C(=O)CN2CCCN(C3CC3)CC2)c2ccccc2N1. The van der Waals surface area contributed by atoms with Crippen LogP contribution in [0.15, 0.2) is 24.3 Å². The Morgan fingerprint density at radius 3 is 2.79 bits per heavy atom. The zero-order chi connectivity index (χ0) is 16.5. The predicted octanol–water partition coefficient (Wildman–Crippen LogP) is 1.14. The molecule has 0 atom stereocenters. The lowest BCUT2D eigenvalue weighted by molar-refractivity contribution is -0.122. The predicted molar refractivity (Wildman–Crippen MR) is 93.1 cm³/mol. The zero-order valence-corrected chi connectivity index (χ0v) is 13.9. The van der Waals surface area contributed by atoms with E-state index in [0.29, 0.717) is 6.54 Å². The number of anilines is 2. The van der Waals surface area contributed by atoms with E-state index in [9.17, 15) is 9.59 Å². The molecule has 2 aliphatic heterocycles. The fraction of sp³-hybridized carbons (Fsp3) is 0.556. The van der Waals surface area contributed by atoms with E-state index in [1.54, 1.807) is 4.90 Å². The summed E-state index contributed by atoms with van der Waals surface area (Å²) in [5.74, 6) is -0.116. The first-order valence-corrected chi connectivity index (χ1v) is 8.86. The van der Waals surface area contributed by atoms with Crippen molar-refractivity contribution in [3.8, 4) is 0 Å². The summed E-state index contributed by atoms with van der Waals surface area (Å²) in [5, 5.41) is 2.83. The number of nitrogens with zero attached hydrogens (tertiary/aromatic N) is 3. The van der Waals surface area contributed by atoms with Gasteiger partial charge in [-0.3, -0.25) is 24.3 Å². The van der Waals surface area contributed by atoms with E-state index in [0.717, 1.165) is 50.0 Å². The van der Waals surface area contributed by atoms with E-state index in [-0.39, 0.29) is 18.4 Å². The van der Waals surface area contributed by atoms with E-state index in [2.05, 4.69) is 15.1 Å². The van der Waals surface area contributed by atoms with Gasteiger partial charge in [-0.1, -0.05) is 12.1 Å². The van der Waals surface area contributed by atoms with Crippen LogP contribution in [0.25, 0.3) is 0 Å². The van der Waals surface area contributed by atoms with Crippen LogP contribution in [0.1, 0.15) is 19.3 Å². The molecule has 0 bridgehead atoms. The molecule has 0 unspecified atom stereocenters. The van der Waals surface area contributed by atoms with Gasteiger partial charge in [0.1, 0.15) is 6.54 Å². The molecule has 1 saturated carbocycles. The first-order valence-electron chi connectivity index (χ1n) is 8.86. The van der Waals surface area contributed by atoms with Crippen LogP contribution in [0.4, 0.5) is 11.4 Å². The third kappa shape index (κ3) is 3.30. The quantitative estimate of drug-likeness (QED) is 0.904. The monoisotopic (exact) mass is 328 g/mol. The minimum Gasteiger partial charge on any atom is -0.323 e. The fourth-order valence-corrected chi connectivity index (χ4v) is 3.69. The van der Waals surface area contributed by atoms with Crippen molar-refractivity contribution in [2.75, 3.05) is 49.5 Å². The average molecular weight is 328 g/mol. The second-order valence-corrected chi connectivity index (χ2v) is 6.94. The number of hydrogen-bond acceptors (Lipinski definition) is 4. The van der Waals surface area contributed by atoms with Crippen LogP contribution >= 0.6 is 0 Å². The molecular weight excluding hydrogens is 304 g/mol. The molecule has 0 spiro atoms. The maximum atomic E-state index is 12.8. The highest BCUT2D eigenvalue weighted by Gasteiger charge is 2.31. The molecule has 1 saturated heterocycles. The van der Waals surface area contributed by atoms with E-state index in [4.69, 9.17) is 0 Å². The van der Waals surface area contributed by atoms with E-state index in [1.165, 1.54) is 12.8 Å². The third-order valence-electron chi connectivity index (χ3n) is 5.12. The number of para-hydroxylation sites is 2. The van der Waals surface area contributed by atoms with Crippen molar-refractivity contribution in [1.82, 2.24) is 9.80 Å². The second kappa shape index (κ2) is 6.53. The van der Waals surface area contributed by atoms with Crippen LogP contribution in [-0.4, -0.2) is 66.9 Å². The van der Waals surface area contributed by atoms with Crippen LogP contribution < -0.4 is 10.2 Å². The number of benzene rings is 1. The Bertz CT molecular complexity index is 644. The van der Waals surface area contributed by atoms with Crippen molar-refractivity contribution in [2.45, 2.75) is 25.3 Å². The Balaban J connectivity index is 1.41. The largest absolute Gasteiger partial charge is 0.323 e. The number of carbonyl (C=O) groups excluding carboxylic acids is 2. The summed E-state index contributed by atoms with van der Waals surface area (Å²) in [6, 6.07) is 8.29. The van der Waals surface area contributed by atoms with Gasteiger partial charge in [0.25, 0.3) is 0 Å². The van der Waals surface area contributed by atoms with Gasteiger partial charge in [0, 0.05) is 19.1 Å². The summed E-state index contributed by atoms with van der Waals surface area (Å²) in [7, 11) is 0. The maximum absolute atomic E-state index is 12.8. The van der Waals surface area contributed by atoms with Crippen molar-refractivity contribution < 1.29 is 9.59 Å². The fourth-order valence-electron chi connectivity index (χ4n) is 3.69. The van der Waals surface area contributed by atoms with Gasteiger partial charge in [-0.05, 0) is 44.5 Å². The molecule has 1 N–H and O–H groups in total. The Labute approximate surface area is 142 Å². The molecule has 128 valence electrons. The van der Waals surface area contributed by atoms with Gasteiger partial charge in [0.05, 0.1) is 17.9 Å². The standard InChI is InChI=1S/C18H24N4O2/c23-17-12-22(16-5-2-1-4-15(16)19-17)18(24)13-20-8-3-9-21(11-10-20)14-6-7-14/h1-2,4-5,14H,3,6-13H2,(H,19,23). The van der Waals surface area contributed by atoms with Crippen LogP contribution in [0.3, 0.4) is 0 Å². The second-order valence-electron chi connectivity index (χ2n) is 6.94. The Morgan fingerprint density at radius 2 is 1.96 bits per heavy atom.